The number of anilines is 2. The van der Waals surface area contributed by atoms with Crippen LogP contribution in [0.3, 0.4) is 0 Å². The van der Waals surface area contributed by atoms with Crippen molar-refractivity contribution in [3.63, 3.8) is 0 Å². The first kappa shape index (κ1) is 23.2. The number of nitrogens with zero attached hydrogens (tertiary/aromatic N) is 7. The third-order valence-electron chi connectivity index (χ3n) is 6.34. The van der Waals surface area contributed by atoms with Gasteiger partial charge in [-0.25, -0.2) is 18.2 Å². The molecular formula is C24H24F3N7OS. The van der Waals surface area contributed by atoms with Gasteiger partial charge < -0.3 is 14.5 Å². The van der Waals surface area contributed by atoms with Gasteiger partial charge in [0.25, 0.3) is 0 Å². The van der Waals surface area contributed by atoms with E-state index in [-0.39, 0.29) is 23.5 Å². The predicted octanol–water partition coefficient (Wildman–Crippen LogP) is 4.73. The molecule has 12 heteroatoms. The van der Waals surface area contributed by atoms with Gasteiger partial charge in [-0.3, -0.25) is 4.68 Å². The lowest BCUT2D eigenvalue weighted by Crippen LogP contribution is -2.43. The van der Waals surface area contributed by atoms with Gasteiger partial charge in [-0.1, -0.05) is 11.3 Å². The van der Waals surface area contributed by atoms with Gasteiger partial charge in [-0.2, -0.15) is 15.1 Å². The fraction of sp³-hybridized carbons (Fsp3) is 0.417. The van der Waals surface area contributed by atoms with E-state index in [0.29, 0.717) is 46.6 Å². The molecule has 1 aliphatic carbocycles. The molecule has 4 heterocycles. The third kappa shape index (κ3) is 4.17. The minimum atomic E-state index is -1.25. The SMILES string of the molecule is C[C@@H]1CN(c2nc(-c3cc(F)c(F)cc3F)c3sc(N(C)C)nc3n2)C[C@H](c2cnn(C3CC3)c2)O1. The van der Waals surface area contributed by atoms with Gasteiger partial charge in [0.2, 0.25) is 5.95 Å². The zero-order valence-electron chi connectivity index (χ0n) is 20.0. The predicted molar refractivity (Wildman–Crippen MR) is 131 cm³/mol. The van der Waals surface area contributed by atoms with Gasteiger partial charge >= 0.3 is 0 Å². The summed E-state index contributed by atoms with van der Waals surface area (Å²) in [5.41, 5.74) is 1.37. The van der Waals surface area contributed by atoms with Gasteiger partial charge in [0.1, 0.15) is 16.6 Å². The summed E-state index contributed by atoms with van der Waals surface area (Å²) in [7, 11) is 3.67. The smallest absolute Gasteiger partial charge is 0.228 e. The molecule has 36 heavy (non-hydrogen) atoms. The van der Waals surface area contributed by atoms with Crippen LogP contribution in [0.15, 0.2) is 24.5 Å². The Hall–Kier alpha value is -3.25. The van der Waals surface area contributed by atoms with Crippen molar-refractivity contribution in [1.29, 1.82) is 0 Å². The minimum absolute atomic E-state index is 0.136. The average molecular weight is 516 g/mol. The van der Waals surface area contributed by atoms with Crippen LogP contribution in [0.2, 0.25) is 0 Å². The van der Waals surface area contributed by atoms with Crippen molar-refractivity contribution in [2.24, 2.45) is 0 Å². The monoisotopic (exact) mass is 515 g/mol. The maximum atomic E-state index is 14.9. The summed E-state index contributed by atoms with van der Waals surface area (Å²) in [5, 5.41) is 5.12. The van der Waals surface area contributed by atoms with Crippen molar-refractivity contribution in [2.75, 3.05) is 37.0 Å². The molecule has 0 bridgehead atoms. The van der Waals surface area contributed by atoms with Crippen LogP contribution in [0.1, 0.15) is 37.5 Å². The van der Waals surface area contributed by atoms with Crippen LogP contribution in [-0.4, -0.2) is 58.0 Å². The van der Waals surface area contributed by atoms with E-state index in [2.05, 4.69) is 20.1 Å². The van der Waals surface area contributed by atoms with Crippen molar-refractivity contribution in [3.05, 3.63) is 47.5 Å². The topological polar surface area (TPSA) is 72.2 Å². The molecule has 6 rings (SSSR count). The quantitative estimate of drug-likeness (QED) is 0.356. The second-order valence-electron chi connectivity index (χ2n) is 9.49. The Balaban J connectivity index is 1.43. The van der Waals surface area contributed by atoms with E-state index in [1.165, 1.54) is 11.3 Å². The number of fused-ring (bicyclic) bond motifs is 1. The number of aromatic nitrogens is 5. The Labute approximate surface area is 209 Å². The Kier molecular flexibility index (Phi) is 5.60. The first-order chi connectivity index (χ1) is 17.3. The van der Waals surface area contributed by atoms with Crippen LogP contribution in [0.25, 0.3) is 21.6 Å². The molecule has 2 atom stereocenters. The Bertz CT molecular complexity index is 1450. The van der Waals surface area contributed by atoms with E-state index in [1.54, 1.807) is 0 Å². The van der Waals surface area contributed by atoms with Crippen molar-refractivity contribution >= 4 is 32.8 Å². The molecule has 1 aromatic carbocycles. The lowest BCUT2D eigenvalue weighted by molar-refractivity contribution is -0.0178. The molecule has 3 aromatic heterocycles. The standard InChI is InChI=1S/C24H24F3N7OS/c1-12-9-33(11-19(35-12)13-8-28-34(10-13)14-4-5-14)23-29-20(15-6-17(26)18(27)7-16(15)25)21-22(30-23)31-24(36-21)32(2)3/h6-8,10,12,14,19H,4-5,9,11H2,1-3H3/t12-,19-/m1/s1. The van der Waals surface area contributed by atoms with E-state index in [1.807, 2.05) is 47.9 Å². The van der Waals surface area contributed by atoms with Crippen LogP contribution in [-0.2, 0) is 4.74 Å². The highest BCUT2D eigenvalue weighted by molar-refractivity contribution is 7.22. The second kappa shape index (κ2) is 8.70. The summed E-state index contributed by atoms with van der Waals surface area (Å²) in [4.78, 5) is 17.7. The highest BCUT2D eigenvalue weighted by Crippen LogP contribution is 2.39. The van der Waals surface area contributed by atoms with Crippen molar-refractivity contribution < 1.29 is 17.9 Å². The van der Waals surface area contributed by atoms with Crippen molar-refractivity contribution in [1.82, 2.24) is 24.7 Å². The van der Waals surface area contributed by atoms with Crippen LogP contribution >= 0.6 is 11.3 Å². The van der Waals surface area contributed by atoms with Gasteiger partial charge in [0, 0.05) is 44.0 Å². The van der Waals surface area contributed by atoms with Crippen LogP contribution in [0.4, 0.5) is 24.3 Å². The molecule has 1 saturated carbocycles. The fourth-order valence-electron chi connectivity index (χ4n) is 4.38. The number of ether oxygens (including phenoxy) is 1. The summed E-state index contributed by atoms with van der Waals surface area (Å²) in [6, 6.07) is 1.84. The van der Waals surface area contributed by atoms with E-state index in [0.717, 1.165) is 24.5 Å². The molecule has 1 aliphatic heterocycles. The van der Waals surface area contributed by atoms with E-state index in [4.69, 9.17) is 4.74 Å². The average Bonchev–Trinajstić information content (AvgIpc) is 3.39. The maximum Gasteiger partial charge on any atom is 0.228 e. The largest absolute Gasteiger partial charge is 0.367 e. The number of halogens is 3. The zero-order chi connectivity index (χ0) is 25.1. The molecule has 2 fully saturated rings. The molecule has 0 spiro atoms. The summed E-state index contributed by atoms with van der Waals surface area (Å²) in [6.07, 6.45) is 5.73. The van der Waals surface area contributed by atoms with E-state index in [9.17, 15) is 13.2 Å². The number of rotatable bonds is 5. The van der Waals surface area contributed by atoms with Gasteiger partial charge in [-0.05, 0) is 25.8 Å². The molecule has 2 aliphatic rings. The zero-order valence-corrected chi connectivity index (χ0v) is 20.8. The summed E-state index contributed by atoms with van der Waals surface area (Å²) in [6.45, 7) is 2.92. The molecule has 4 aromatic rings. The minimum Gasteiger partial charge on any atom is -0.367 e. The van der Waals surface area contributed by atoms with Gasteiger partial charge in [0.15, 0.2) is 22.4 Å². The maximum absolute atomic E-state index is 14.9. The Morgan fingerprint density at radius 3 is 2.56 bits per heavy atom. The van der Waals surface area contributed by atoms with Crippen molar-refractivity contribution in [3.8, 4) is 11.3 Å². The molecule has 1 saturated heterocycles. The molecule has 0 N–H and O–H groups in total. The van der Waals surface area contributed by atoms with Crippen LogP contribution in [0, 0.1) is 17.5 Å². The Morgan fingerprint density at radius 2 is 1.81 bits per heavy atom. The molecular weight excluding hydrogens is 491 g/mol. The second-order valence-corrected chi connectivity index (χ2v) is 10.5. The molecule has 0 radical (unpaired) electrons. The van der Waals surface area contributed by atoms with E-state index >= 15 is 0 Å². The molecule has 0 unspecified atom stereocenters. The normalized spacial score (nSPS) is 20.3. The molecule has 0 amide bonds. The first-order valence-electron chi connectivity index (χ1n) is 11.7. The Morgan fingerprint density at radius 1 is 1.03 bits per heavy atom. The van der Waals surface area contributed by atoms with E-state index < -0.39 is 17.5 Å². The van der Waals surface area contributed by atoms with Gasteiger partial charge in [0.05, 0.1) is 30.6 Å². The number of hydrogen-bond acceptors (Lipinski definition) is 8. The van der Waals surface area contributed by atoms with Crippen molar-refractivity contribution in [2.45, 2.75) is 38.0 Å². The fourth-order valence-corrected chi connectivity index (χ4v) is 5.31. The third-order valence-corrected chi connectivity index (χ3v) is 7.55. The number of thiazole rings is 1. The number of morpholine rings is 1. The summed E-state index contributed by atoms with van der Waals surface area (Å²) in [5.74, 6) is -2.98. The first-order valence-corrected chi connectivity index (χ1v) is 12.5. The number of hydrogen-bond donors (Lipinski definition) is 0. The highest BCUT2D eigenvalue weighted by atomic mass is 32.1. The van der Waals surface area contributed by atoms with Gasteiger partial charge in [-0.15, -0.1) is 0 Å². The van der Waals surface area contributed by atoms with Crippen LogP contribution in [0.5, 0.6) is 0 Å². The summed E-state index contributed by atoms with van der Waals surface area (Å²) < 4.78 is 51.4. The van der Waals surface area contributed by atoms with Crippen LogP contribution < -0.4 is 9.80 Å². The lowest BCUT2D eigenvalue weighted by Gasteiger charge is -2.36. The molecule has 8 nitrogen and oxygen atoms in total. The lowest BCUT2D eigenvalue weighted by atomic mass is 10.1. The number of benzene rings is 1. The summed E-state index contributed by atoms with van der Waals surface area (Å²) >= 11 is 1.26. The molecule has 188 valence electrons. The highest BCUT2D eigenvalue weighted by Gasteiger charge is 2.32.